The Kier molecular flexibility index (Phi) is 10.1. The van der Waals surface area contributed by atoms with E-state index in [-0.39, 0.29) is 17.9 Å². The van der Waals surface area contributed by atoms with Crippen LogP contribution in [0, 0.1) is 34.0 Å². The molecular formula is C25H32N10O2. The fraction of sp³-hybridized carbons (Fsp3) is 0.480. The molecule has 1 saturated heterocycles. The molecule has 4 N–H and O–H groups in total. The average molecular weight is 505 g/mol. The number of carbonyl (C=O) groups is 2. The molecule has 1 atom stereocenters. The van der Waals surface area contributed by atoms with Gasteiger partial charge in [-0.25, -0.2) is 9.98 Å². The van der Waals surface area contributed by atoms with Crippen LogP contribution in [0.25, 0.3) is 0 Å². The van der Waals surface area contributed by atoms with Gasteiger partial charge in [0.05, 0.1) is 35.3 Å². The van der Waals surface area contributed by atoms with E-state index in [1.54, 1.807) is 6.20 Å². The third-order valence-electron chi connectivity index (χ3n) is 6.38. The summed E-state index contributed by atoms with van der Waals surface area (Å²) >= 11 is 0. The maximum atomic E-state index is 11.9. The molecule has 0 aliphatic carbocycles. The van der Waals surface area contributed by atoms with Crippen molar-refractivity contribution in [3.05, 3.63) is 29.6 Å². The normalized spacial score (nSPS) is 18.0. The average Bonchev–Trinajstić information content (AvgIpc) is 2.92. The summed E-state index contributed by atoms with van der Waals surface area (Å²) in [6.45, 7) is 5.14. The van der Waals surface area contributed by atoms with Gasteiger partial charge >= 0.3 is 0 Å². The second-order valence-corrected chi connectivity index (χ2v) is 8.72. The van der Waals surface area contributed by atoms with E-state index >= 15 is 0 Å². The van der Waals surface area contributed by atoms with Crippen LogP contribution in [0.5, 0.6) is 0 Å². The van der Waals surface area contributed by atoms with Crippen molar-refractivity contribution < 1.29 is 9.59 Å². The smallest absolute Gasteiger partial charge is 0.234 e. The Hall–Kier alpha value is -4.29. The van der Waals surface area contributed by atoms with Crippen LogP contribution in [0.4, 0.5) is 11.5 Å². The van der Waals surface area contributed by atoms with E-state index in [1.807, 2.05) is 30.0 Å². The van der Waals surface area contributed by atoms with E-state index in [9.17, 15) is 9.59 Å². The molecule has 194 valence electrons. The first-order chi connectivity index (χ1) is 18.0. The number of piperidine rings is 1. The number of likely N-dealkylation sites (N-methyl/N-ethyl adjacent to an activating group) is 1. The Labute approximate surface area is 216 Å². The molecule has 12 nitrogen and oxygen atoms in total. The van der Waals surface area contributed by atoms with Crippen LogP contribution < -0.4 is 20.9 Å². The monoisotopic (exact) mass is 504 g/mol. The number of amides is 1. The summed E-state index contributed by atoms with van der Waals surface area (Å²) < 4.78 is 0. The lowest BCUT2D eigenvalue weighted by Gasteiger charge is -2.37. The molecule has 2 aliphatic heterocycles. The van der Waals surface area contributed by atoms with Gasteiger partial charge < -0.3 is 26.3 Å². The van der Waals surface area contributed by atoms with Gasteiger partial charge in [-0.15, -0.1) is 0 Å². The van der Waals surface area contributed by atoms with Crippen LogP contribution in [0.15, 0.2) is 34.6 Å². The van der Waals surface area contributed by atoms with E-state index in [2.05, 4.69) is 31.9 Å². The minimum atomic E-state index is -0.426. The van der Waals surface area contributed by atoms with Gasteiger partial charge in [-0.2, -0.15) is 10.5 Å². The number of anilines is 2. The number of aldehydes is 1. The molecule has 1 aromatic rings. The summed E-state index contributed by atoms with van der Waals surface area (Å²) in [5.74, 6) is 1.16. The van der Waals surface area contributed by atoms with Gasteiger partial charge in [0.15, 0.2) is 12.6 Å². The third-order valence-corrected chi connectivity index (χ3v) is 6.38. The first kappa shape index (κ1) is 27.3. The Morgan fingerprint density at radius 2 is 2.11 bits per heavy atom. The highest BCUT2D eigenvalue weighted by Gasteiger charge is 2.29. The number of nitrogens with zero attached hydrogens (tertiary/aromatic N) is 6. The minimum absolute atomic E-state index is 0.165. The standard InChI is InChI=1S/C25H32N10O2/c1-2-34(14-11-29-23(37)6-10-27)22-4-3-19(16-30-22)31-24-20(17-36)21(15-28)32-25(33-24)35-12-7-18(5-9-26)8-13-35/h3-4,15-18,25,28,32H,2,5-8,11-14H2,1H3,(H,29,37)(H,31,33). The summed E-state index contributed by atoms with van der Waals surface area (Å²) in [5, 5.41) is 34.4. The molecule has 37 heavy (non-hydrogen) atoms. The number of hydrogen-bond acceptors (Lipinski definition) is 11. The quantitative estimate of drug-likeness (QED) is 0.256. The van der Waals surface area contributed by atoms with Crippen molar-refractivity contribution in [2.24, 2.45) is 10.9 Å². The van der Waals surface area contributed by atoms with Crippen molar-refractivity contribution in [2.45, 2.75) is 38.9 Å². The molecule has 0 radical (unpaired) electrons. The highest BCUT2D eigenvalue weighted by Crippen LogP contribution is 2.24. The molecule has 0 saturated carbocycles. The zero-order chi connectivity index (χ0) is 26.6. The number of carbonyl (C=O) groups excluding carboxylic acids is 2. The number of amidine groups is 1. The van der Waals surface area contributed by atoms with E-state index in [4.69, 9.17) is 20.9 Å². The predicted octanol–water partition coefficient (Wildman–Crippen LogP) is 1.36. The summed E-state index contributed by atoms with van der Waals surface area (Å²) in [5.41, 5.74) is 1.28. The van der Waals surface area contributed by atoms with Gasteiger partial charge in [-0.1, -0.05) is 0 Å². The Morgan fingerprint density at radius 1 is 1.32 bits per heavy atom. The lowest BCUT2D eigenvalue weighted by Crippen LogP contribution is -2.51. The van der Waals surface area contributed by atoms with E-state index < -0.39 is 6.29 Å². The molecule has 0 aromatic carbocycles. The van der Waals surface area contributed by atoms with Gasteiger partial charge in [0, 0.05) is 45.4 Å². The zero-order valence-electron chi connectivity index (χ0n) is 20.9. The lowest BCUT2D eigenvalue weighted by atomic mass is 9.94. The van der Waals surface area contributed by atoms with E-state index in [0.29, 0.717) is 55.5 Å². The summed E-state index contributed by atoms with van der Waals surface area (Å²) in [6, 6.07) is 7.74. The number of rotatable bonds is 11. The number of nitriles is 2. The largest absolute Gasteiger partial charge is 0.355 e. The second-order valence-electron chi connectivity index (χ2n) is 8.72. The number of pyridine rings is 1. The molecule has 0 spiro atoms. The first-order valence-corrected chi connectivity index (χ1v) is 12.3. The molecule has 1 aromatic heterocycles. The Bertz CT molecular complexity index is 1110. The fourth-order valence-corrected chi connectivity index (χ4v) is 4.29. The lowest BCUT2D eigenvalue weighted by molar-refractivity contribution is -0.120. The number of aromatic nitrogens is 1. The number of likely N-dealkylation sites (tertiary alicyclic amines) is 1. The zero-order valence-corrected chi connectivity index (χ0v) is 20.9. The van der Waals surface area contributed by atoms with Crippen LogP contribution in [0.2, 0.25) is 0 Å². The highest BCUT2D eigenvalue weighted by molar-refractivity contribution is 6.22. The topological polar surface area (TPSA) is 173 Å². The fourth-order valence-electron chi connectivity index (χ4n) is 4.29. The van der Waals surface area contributed by atoms with Crippen molar-refractivity contribution in [1.82, 2.24) is 20.5 Å². The van der Waals surface area contributed by atoms with E-state index in [1.165, 1.54) is 0 Å². The molecule has 1 amide bonds. The van der Waals surface area contributed by atoms with Crippen LogP contribution in [-0.4, -0.2) is 73.1 Å². The molecule has 3 rings (SSSR count). The van der Waals surface area contributed by atoms with Gasteiger partial charge in [0.1, 0.15) is 18.1 Å². The van der Waals surface area contributed by atoms with Crippen LogP contribution in [-0.2, 0) is 9.59 Å². The maximum absolute atomic E-state index is 11.9. The van der Waals surface area contributed by atoms with Crippen molar-refractivity contribution in [1.29, 1.82) is 15.9 Å². The first-order valence-electron chi connectivity index (χ1n) is 12.3. The molecule has 12 heteroatoms. The van der Waals surface area contributed by atoms with Crippen molar-refractivity contribution >= 4 is 35.7 Å². The summed E-state index contributed by atoms with van der Waals surface area (Å²) in [4.78, 5) is 36.7. The summed E-state index contributed by atoms with van der Waals surface area (Å²) in [6.07, 6.45) is 5.20. The molecule has 0 bridgehead atoms. The molecular weight excluding hydrogens is 472 g/mol. The van der Waals surface area contributed by atoms with Crippen LogP contribution in [0.1, 0.15) is 32.6 Å². The minimum Gasteiger partial charge on any atom is -0.355 e. The van der Waals surface area contributed by atoms with Crippen molar-refractivity contribution in [2.75, 3.05) is 42.9 Å². The molecule has 1 unspecified atom stereocenters. The van der Waals surface area contributed by atoms with Crippen molar-refractivity contribution in [3.8, 4) is 12.1 Å². The number of nitrogens with one attached hydrogen (secondary N) is 4. The van der Waals surface area contributed by atoms with Gasteiger partial charge in [0.2, 0.25) is 5.91 Å². The molecule has 2 aliphatic rings. The highest BCUT2D eigenvalue weighted by atomic mass is 16.1. The van der Waals surface area contributed by atoms with Crippen molar-refractivity contribution in [3.63, 3.8) is 0 Å². The van der Waals surface area contributed by atoms with Crippen LogP contribution in [0.3, 0.4) is 0 Å². The van der Waals surface area contributed by atoms with Gasteiger partial charge in [-0.05, 0) is 37.8 Å². The van der Waals surface area contributed by atoms with E-state index in [0.717, 1.165) is 38.0 Å². The maximum Gasteiger partial charge on any atom is 0.234 e. The SMILES string of the molecule is CCN(CCNC(=O)CC#N)c1ccc(NC2=NC(N3CCC(CC#N)CC3)NC(C=N)=C2C=O)cn1. The van der Waals surface area contributed by atoms with Gasteiger partial charge in [-0.3, -0.25) is 14.5 Å². The predicted molar refractivity (Wildman–Crippen MR) is 140 cm³/mol. The number of hydrogen-bond donors (Lipinski definition) is 4. The van der Waals surface area contributed by atoms with Gasteiger partial charge in [0.25, 0.3) is 0 Å². The second kappa shape index (κ2) is 13.7. The number of aliphatic imine (C=N–C) groups is 1. The Balaban J connectivity index is 1.69. The molecule has 3 heterocycles. The summed E-state index contributed by atoms with van der Waals surface area (Å²) in [7, 11) is 0. The third kappa shape index (κ3) is 7.35. The Morgan fingerprint density at radius 3 is 2.70 bits per heavy atom. The molecule has 1 fully saturated rings. The number of allylic oxidation sites excluding steroid dienone is 1. The van der Waals surface area contributed by atoms with Crippen LogP contribution >= 0.6 is 0 Å².